The summed E-state index contributed by atoms with van der Waals surface area (Å²) < 4.78 is 0. The average Bonchev–Trinajstić information content (AvgIpc) is 2.21. The Morgan fingerprint density at radius 2 is 1.94 bits per heavy atom. The minimum atomic E-state index is -0.142. The lowest BCUT2D eigenvalue weighted by Crippen LogP contribution is -2.60. The summed E-state index contributed by atoms with van der Waals surface area (Å²) in [7, 11) is 4.01. The fourth-order valence-electron chi connectivity index (χ4n) is 2.95. The largest absolute Gasteiger partial charge is 0.331 e. The second kappa shape index (κ2) is 5.17. The highest BCUT2D eigenvalue weighted by Crippen LogP contribution is 2.30. The van der Waals surface area contributed by atoms with Crippen LogP contribution in [0, 0.1) is 0 Å². The molecule has 1 unspecified atom stereocenters. The summed E-state index contributed by atoms with van der Waals surface area (Å²) in [6.07, 6.45) is 0.986. The fraction of sp³-hybridized carbons (Fsp3) is 0.929. The van der Waals surface area contributed by atoms with Crippen molar-refractivity contribution in [3.8, 4) is 0 Å². The van der Waals surface area contributed by atoms with E-state index in [1.165, 1.54) is 0 Å². The van der Waals surface area contributed by atoms with Gasteiger partial charge in [0, 0.05) is 17.6 Å². The molecule has 1 saturated heterocycles. The van der Waals surface area contributed by atoms with Crippen LogP contribution in [0.25, 0.3) is 0 Å². The summed E-state index contributed by atoms with van der Waals surface area (Å²) >= 11 is 0. The molecule has 1 fully saturated rings. The average molecular weight is 255 g/mol. The molecule has 1 aliphatic heterocycles. The molecule has 4 nitrogen and oxygen atoms in total. The molecule has 1 aliphatic rings. The van der Waals surface area contributed by atoms with Gasteiger partial charge in [-0.2, -0.15) is 0 Å². The summed E-state index contributed by atoms with van der Waals surface area (Å²) in [6.45, 7) is 12.3. The maximum atomic E-state index is 12.8. The van der Waals surface area contributed by atoms with E-state index < -0.39 is 0 Å². The predicted octanol–water partition coefficient (Wildman–Crippen LogP) is 1.32. The lowest BCUT2D eigenvalue weighted by Gasteiger charge is -2.47. The van der Waals surface area contributed by atoms with Gasteiger partial charge in [0.15, 0.2) is 0 Å². The highest BCUT2D eigenvalue weighted by atomic mass is 16.2. The summed E-state index contributed by atoms with van der Waals surface area (Å²) in [5.41, 5.74) is -0.236. The molecule has 0 aliphatic carbocycles. The Bertz CT molecular complexity index is 305. The number of hydrogen-bond donors (Lipinski definition) is 1. The molecular weight excluding hydrogens is 226 g/mol. The molecular formula is C14H29N3O. The van der Waals surface area contributed by atoms with Crippen molar-refractivity contribution < 1.29 is 4.79 Å². The van der Waals surface area contributed by atoms with E-state index in [1.54, 1.807) is 0 Å². The van der Waals surface area contributed by atoms with Gasteiger partial charge in [0.1, 0.15) is 0 Å². The van der Waals surface area contributed by atoms with Crippen molar-refractivity contribution in [2.75, 3.05) is 27.2 Å². The van der Waals surface area contributed by atoms with E-state index in [4.69, 9.17) is 0 Å². The van der Waals surface area contributed by atoms with Gasteiger partial charge in [0.25, 0.3) is 0 Å². The third-order valence-electron chi connectivity index (χ3n) is 3.47. The van der Waals surface area contributed by atoms with Crippen molar-refractivity contribution in [1.82, 2.24) is 15.1 Å². The summed E-state index contributed by atoms with van der Waals surface area (Å²) in [5, 5.41) is 3.39. The smallest absolute Gasteiger partial charge is 0.241 e. The van der Waals surface area contributed by atoms with Crippen LogP contribution in [0.4, 0.5) is 0 Å². The number of nitrogens with zero attached hydrogens (tertiary/aromatic N) is 2. The van der Waals surface area contributed by atoms with Crippen molar-refractivity contribution in [3.05, 3.63) is 0 Å². The van der Waals surface area contributed by atoms with E-state index in [9.17, 15) is 4.79 Å². The molecule has 0 aromatic carbocycles. The van der Waals surface area contributed by atoms with Gasteiger partial charge in [-0.05, 0) is 61.7 Å². The first-order valence-corrected chi connectivity index (χ1v) is 6.78. The van der Waals surface area contributed by atoms with Gasteiger partial charge in [-0.15, -0.1) is 0 Å². The van der Waals surface area contributed by atoms with E-state index >= 15 is 0 Å². The normalized spacial score (nSPS) is 25.4. The fourth-order valence-corrected chi connectivity index (χ4v) is 2.95. The molecule has 0 bridgehead atoms. The molecule has 18 heavy (non-hydrogen) atoms. The highest BCUT2D eigenvalue weighted by Gasteiger charge is 2.43. The van der Waals surface area contributed by atoms with E-state index in [1.807, 2.05) is 14.1 Å². The number of rotatable bonds is 2. The molecule has 1 heterocycles. The molecule has 0 saturated carbocycles. The number of carbonyl (C=O) groups excluding carboxylic acids is 1. The number of nitrogens with one attached hydrogen (secondary N) is 1. The molecule has 1 amide bonds. The Balaban J connectivity index is 3.03. The van der Waals surface area contributed by atoms with Gasteiger partial charge < -0.3 is 15.1 Å². The van der Waals surface area contributed by atoms with Crippen LogP contribution in [-0.4, -0.2) is 60.0 Å². The Morgan fingerprint density at radius 3 is 2.39 bits per heavy atom. The Hall–Kier alpha value is -0.610. The summed E-state index contributed by atoms with van der Waals surface area (Å²) in [4.78, 5) is 16.9. The first kappa shape index (κ1) is 15.4. The molecule has 106 valence electrons. The van der Waals surface area contributed by atoms with Crippen molar-refractivity contribution >= 4 is 5.91 Å². The Labute approximate surface area is 112 Å². The topological polar surface area (TPSA) is 35.6 Å². The Kier molecular flexibility index (Phi) is 4.44. The highest BCUT2D eigenvalue weighted by molar-refractivity contribution is 5.84. The second-order valence-electron chi connectivity index (χ2n) is 7.18. The third kappa shape index (κ3) is 3.45. The number of carbonyl (C=O) groups is 1. The van der Waals surface area contributed by atoms with Gasteiger partial charge in [-0.25, -0.2) is 0 Å². The van der Waals surface area contributed by atoms with E-state index in [0.29, 0.717) is 0 Å². The third-order valence-corrected chi connectivity index (χ3v) is 3.47. The van der Waals surface area contributed by atoms with Crippen molar-refractivity contribution in [2.24, 2.45) is 0 Å². The van der Waals surface area contributed by atoms with Gasteiger partial charge in [0.05, 0.1) is 6.04 Å². The van der Waals surface area contributed by atoms with Gasteiger partial charge in [-0.1, -0.05) is 0 Å². The maximum absolute atomic E-state index is 12.8. The summed E-state index contributed by atoms with van der Waals surface area (Å²) in [5.74, 6) is 0.221. The van der Waals surface area contributed by atoms with Crippen molar-refractivity contribution in [2.45, 2.75) is 58.2 Å². The Morgan fingerprint density at radius 1 is 1.39 bits per heavy atom. The van der Waals surface area contributed by atoms with Crippen molar-refractivity contribution in [3.63, 3.8) is 0 Å². The number of hydrogen-bond acceptors (Lipinski definition) is 3. The summed E-state index contributed by atoms with van der Waals surface area (Å²) in [6, 6.07) is -0.0963. The predicted molar refractivity (Wildman–Crippen MR) is 75.6 cm³/mol. The zero-order valence-electron chi connectivity index (χ0n) is 13.0. The monoisotopic (exact) mass is 255 g/mol. The van der Waals surface area contributed by atoms with Gasteiger partial charge in [-0.3, -0.25) is 4.79 Å². The zero-order chi connectivity index (χ0) is 14.1. The van der Waals surface area contributed by atoms with Gasteiger partial charge in [0.2, 0.25) is 5.91 Å². The first-order valence-electron chi connectivity index (χ1n) is 6.78. The molecule has 1 atom stereocenters. The quantitative estimate of drug-likeness (QED) is 0.808. The zero-order valence-corrected chi connectivity index (χ0v) is 13.0. The molecule has 0 aromatic heterocycles. The van der Waals surface area contributed by atoms with Crippen LogP contribution < -0.4 is 5.32 Å². The van der Waals surface area contributed by atoms with Crippen molar-refractivity contribution in [1.29, 1.82) is 0 Å². The molecule has 0 radical (unpaired) electrons. The number of amides is 1. The molecule has 0 spiro atoms. The standard InChI is InChI=1S/C14H29N3O/c1-13(2,3)17-12(18)11(10-16(6)7)15-9-8-14(17,4)5/h11,15H,8-10H2,1-7H3. The van der Waals surface area contributed by atoms with Crippen LogP contribution >= 0.6 is 0 Å². The van der Waals surface area contributed by atoms with Crippen LogP contribution in [0.3, 0.4) is 0 Å². The van der Waals surface area contributed by atoms with Crippen LogP contribution in [0.1, 0.15) is 41.0 Å². The molecule has 0 aromatic rings. The lowest BCUT2D eigenvalue weighted by molar-refractivity contribution is -0.144. The molecule has 1 rings (SSSR count). The minimum absolute atomic E-state index is 0.0939. The SMILES string of the molecule is CN(C)CC1NCCC(C)(C)N(C(C)(C)C)C1=O. The first-order chi connectivity index (χ1) is 8.05. The van der Waals surface area contributed by atoms with Crippen LogP contribution in [0.15, 0.2) is 0 Å². The number of likely N-dealkylation sites (N-methyl/N-ethyl adjacent to an activating group) is 1. The minimum Gasteiger partial charge on any atom is -0.331 e. The van der Waals surface area contributed by atoms with Crippen LogP contribution in [0.2, 0.25) is 0 Å². The maximum Gasteiger partial charge on any atom is 0.241 e. The molecule has 4 heteroatoms. The van der Waals surface area contributed by atoms with E-state index in [2.05, 4.69) is 49.7 Å². The van der Waals surface area contributed by atoms with Crippen LogP contribution in [-0.2, 0) is 4.79 Å². The van der Waals surface area contributed by atoms with E-state index in [-0.39, 0.29) is 23.0 Å². The lowest BCUT2D eigenvalue weighted by atomic mass is 9.91. The van der Waals surface area contributed by atoms with Crippen LogP contribution in [0.5, 0.6) is 0 Å². The van der Waals surface area contributed by atoms with E-state index in [0.717, 1.165) is 19.5 Å². The molecule has 1 N–H and O–H groups in total. The second-order valence-corrected chi connectivity index (χ2v) is 7.18. The van der Waals surface area contributed by atoms with Gasteiger partial charge >= 0.3 is 0 Å².